The second kappa shape index (κ2) is 9.93. The number of methoxy groups -OCH3 is 1. The smallest absolute Gasteiger partial charge is 0.230 e. The average molecular weight is 405 g/mol. The van der Waals surface area contributed by atoms with Crippen molar-refractivity contribution in [1.29, 1.82) is 0 Å². The third-order valence-electron chi connectivity index (χ3n) is 4.52. The summed E-state index contributed by atoms with van der Waals surface area (Å²) in [6, 6.07) is 7.76. The van der Waals surface area contributed by atoms with Gasteiger partial charge in [0.2, 0.25) is 5.91 Å². The number of carbonyl (C=O) groups excluding carboxylic acids is 1. The number of hydrogen-bond acceptors (Lipinski definition) is 6. The minimum atomic E-state index is 0.0105. The van der Waals surface area contributed by atoms with E-state index in [0.717, 1.165) is 41.7 Å². The Hall–Kier alpha value is -2.06. The molecule has 0 radical (unpaired) electrons. The summed E-state index contributed by atoms with van der Waals surface area (Å²) in [6.07, 6.45) is 2.26. The van der Waals surface area contributed by atoms with Crippen LogP contribution in [0.4, 0.5) is 0 Å². The van der Waals surface area contributed by atoms with Crippen molar-refractivity contribution in [3.63, 3.8) is 0 Å². The first-order valence-corrected chi connectivity index (χ1v) is 10.6. The molecule has 1 saturated heterocycles. The Morgan fingerprint density at radius 2 is 2.14 bits per heavy atom. The summed E-state index contributed by atoms with van der Waals surface area (Å²) in [4.78, 5) is 12.1. The Balaban J connectivity index is 1.76. The average Bonchev–Trinajstić information content (AvgIpc) is 3.35. The number of benzene rings is 1. The first kappa shape index (κ1) is 20.7. The van der Waals surface area contributed by atoms with Gasteiger partial charge >= 0.3 is 0 Å². The molecule has 0 saturated carbocycles. The van der Waals surface area contributed by atoms with E-state index in [-0.39, 0.29) is 12.0 Å². The topological polar surface area (TPSA) is 78.3 Å². The van der Waals surface area contributed by atoms with Crippen molar-refractivity contribution in [2.75, 3.05) is 26.0 Å². The van der Waals surface area contributed by atoms with Gasteiger partial charge in [-0.2, -0.15) is 0 Å². The Labute approximate surface area is 170 Å². The van der Waals surface area contributed by atoms with E-state index in [1.807, 2.05) is 24.3 Å². The molecule has 1 aromatic heterocycles. The van der Waals surface area contributed by atoms with Crippen LogP contribution in [0, 0.1) is 5.92 Å². The van der Waals surface area contributed by atoms with Crippen molar-refractivity contribution < 1.29 is 14.3 Å². The summed E-state index contributed by atoms with van der Waals surface area (Å²) in [5, 5.41) is 12.4. The zero-order valence-corrected chi connectivity index (χ0v) is 17.5. The second-order valence-electron chi connectivity index (χ2n) is 7.27. The molecule has 2 aromatic rings. The van der Waals surface area contributed by atoms with Crippen LogP contribution in [-0.4, -0.2) is 52.8 Å². The fourth-order valence-electron chi connectivity index (χ4n) is 3.00. The summed E-state index contributed by atoms with van der Waals surface area (Å²) in [7, 11) is 1.65. The predicted octanol–water partition coefficient (Wildman–Crippen LogP) is 3.00. The van der Waals surface area contributed by atoms with E-state index in [9.17, 15) is 4.79 Å². The van der Waals surface area contributed by atoms with Gasteiger partial charge in [0, 0.05) is 18.7 Å². The molecule has 1 atom stereocenters. The molecule has 3 rings (SSSR count). The van der Waals surface area contributed by atoms with Crippen LogP contribution in [0.1, 0.15) is 26.7 Å². The van der Waals surface area contributed by atoms with Crippen LogP contribution in [-0.2, 0) is 16.1 Å². The molecule has 1 aliphatic heterocycles. The Kier molecular flexibility index (Phi) is 7.33. The van der Waals surface area contributed by atoms with E-state index in [0.29, 0.717) is 24.8 Å². The van der Waals surface area contributed by atoms with Crippen LogP contribution >= 0.6 is 11.8 Å². The maximum Gasteiger partial charge on any atom is 0.230 e. The van der Waals surface area contributed by atoms with Crippen LogP contribution in [0.2, 0.25) is 0 Å². The zero-order valence-electron chi connectivity index (χ0n) is 16.7. The van der Waals surface area contributed by atoms with Crippen molar-refractivity contribution in [3.05, 3.63) is 24.3 Å². The van der Waals surface area contributed by atoms with Crippen molar-refractivity contribution in [2.45, 2.75) is 44.5 Å². The molecule has 152 valence electrons. The minimum absolute atomic E-state index is 0.0105. The number of hydrogen-bond donors (Lipinski definition) is 1. The van der Waals surface area contributed by atoms with Gasteiger partial charge in [-0.15, -0.1) is 10.2 Å². The number of ether oxygens (including phenoxy) is 2. The lowest BCUT2D eigenvalue weighted by molar-refractivity contribution is -0.118. The quantitative estimate of drug-likeness (QED) is 0.648. The zero-order chi connectivity index (χ0) is 19.9. The third-order valence-corrected chi connectivity index (χ3v) is 5.48. The SMILES string of the molecule is COc1ccc(-c2nnc(SCC(=O)NCC(C)C)n2C[C@H]2CCCO2)cc1. The van der Waals surface area contributed by atoms with Crippen LogP contribution < -0.4 is 10.1 Å². The molecule has 0 bridgehead atoms. The fraction of sp³-hybridized carbons (Fsp3) is 0.550. The molecule has 1 aliphatic rings. The number of nitrogens with one attached hydrogen (secondary N) is 1. The highest BCUT2D eigenvalue weighted by Gasteiger charge is 2.22. The molecule has 1 amide bonds. The van der Waals surface area contributed by atoms with E-state index >= 15 is 0 Å². The molecule has 0 unspecified atom stereocenters. The van der Waals surface area contributed by atoms with Crippen molar-refractivity contribution in [2.24, 2.45) is 5.92 Å². The highest BCUT2D eigenvalue weighted by molar-refractivity contribution is 7.99. The first-order chi connectivity index (χ1) is 13.6. The molecule has 0 spiro atoms. The monoisotopic (exact) mass is 404 g/mol. The van der Waals surface area contributed by atoms with Crippen LogP contribution in [0.3, 0.4) is 0 Å². The summed E-state index contributed by atoms with van der Waals surface area (Å²) < 4.78 is 13.1. The second-order valence-corrected chi connectivity index (χ2v) is 8.21. The van der Waals surface area contributed by atoms with Crippen LogP contribution in [0.25, 0.3) is 11.4 Å². The molecule has 1 aromatic carbocycles. The van der Waals surface area contributed by atoms with Crippen molar-refractivity contribution in [1.82, 2.24) is 20.1 Å². The summed E-state index contributed by atoms with van der Waals surface area (Å²) in [5.41, 5.74) is 0.961. The number of thioether (sulfide) groups is 1. The van der Waals surface area contributed by atoms with E-state index in [1.165, 1.54) is 11.8 Å². The van der Waals surface area contributed by atoms with Gasteiger partial charge in [0.1, 0.15) is 5.75 Å². The maximum absolute atomic E-state index is 12.1. The summed E-state index contributed by atoms with van der Waals surface area (Å²) >= 11 is 1.41. The molecule has 8 heteroatoms. The Bertz CT molecular complexity index is 770. The summed E-state index contributed by atoms with van der Waals surface area (Å²) in [6.45, 7) is 6.31. The van der Waals surface area contributed by atoms with Gasteiger partial charge in [-0.25, -0.2) is 0 Å². The maximum atomic E-state index is 12.1. The van der Waals surface area contributed by atoms with Gasteiger partial charge in [0.25, 0.3) is 0 Å². The lowest BCUT2D eigenvalue weighted by atomic mass is 10.2. The molecule has 1 N–H and O–H groups in total. The number of amides is 1. The normalized spacial score (nSPS) is 16.5. The van der Waals surface area contributed by atoms with Crippen molar-refractivity contribution >= 4 is 17.7 Å². The lowest BCUT2D eigenvalue weighted by Gasteiger charge is -2.15. The van der Waals surface area contributed by atoms with Gasteiger partial charge in [-0.05, 0) is 43.0 Å². The standard InChI is InChI=1S/C20H28N4O3S/c1-14(2)11-21-18(25)13-28-20-23-22-19(15-6-8-16(26-3)9-7-15)24(20)12-17-5-4-10-27-17/h6-9,14,17H,4-5,10-13H2,1-3H3,(H,21,25)/t17-/m1/s1. The van der Waals surface area contributed by atoms with Crippen LogP contribution in [0.15, 0.2) is 29.4 Å². The highest BCUT2D eigenvalue weighted by Crippen LogP contribution is 2.27. The van der Waals surface area contributed by atoms with Crippen molar-refractivity contribution in [3.8, 4) is 17.1 Å². The highest BCUT2D eigenvalue weighted by atomic mass is 32.2. The summed E-state index contributed by atoms with van der Waals surface area (Å²) in [5.74, 6) is 2.34. The third kappa shape index (κ3) is 5.48. The predicted molar refractivity (Wildman–Crippen MR) is 110 cm³/mol. The van der Waals surface area contributed by atoms with Gasteiger partial charge in [-0.1, -0.05) is 25.6 Å². The fourth-order valence-corrected chi connectivity index (χ4v) is 3.78. The number of aromatic nitrogens is 3. The molecule has 7 nitrogen and oxygen atoms in total. The van der Waals surface area contributed by atoms with E-state index in [4.69, 9.17) is 9.47 Å². The minimum Gasteiger partial charge on any atom is -0.497 e. The largest absolute Gasteiger partial charge is 0.497 e. The first-order valence-electron chi connectivity index (χ1n) is 9.65. The number of rotatable bonds is 9. The number of carbonyl (C=O) groups is 1. The number of nitrogens with zero attached hydrogens (tertiary/aromatic N) is 3. The van der Waals surface area contributed by atoms with Gasteiger partial charge in [-0.3, -0.25) is 9.36 Å². The van der Waals surface area contributed by atoms with Gasteiger partial charge in [0.05, 0.1) is 25.5 Å². The van der Waals surface area contributed by atoms with E-state index in [2.05, 4.69) is 33.9 Å². The molecule has 2 heterocycles. The van der Waals surface area contributed by atoms with Gasteiger partial charge in [0.15, 0.2) is 11.0 Å². The Morgan fingerprint density at radius 1 is 1.36 bits per heavy atom. The molecular formula is C20H28N4O3S. The lowest BCUT2D eigenvalue weighted by Crippen LogP contribution is -2.29. The molecule has 1 fully saturated rings. The molecule has 28 heavy (non-hydrogen) atoms. The van der Waals surface area contributed by atoms with E-state index in [1.54, 1.807) is 7.11 Å². The van der Waals surface area contributed by atoms with Gasteiger partial charge < -0.3 is 14.8 Å². The Morgan fingerprint density at radius 3 is 2.79 bits per heavy atom. The molecular weight excluding hydrogens is 376 g/mol. The van der Waals surface area contributed by atoms with E-state index < -0.39 is 0 Å². The molecule has 0 aliphatic carbocycles. The van der Waals surface area contributed by atoms with Crippen LogP contribution in [0.5, 0.6) is 5.75 Å².